The Hall–Kier alpha value is -1.75. The first-order valence-corrected chi connectivity index (χ1v) is 7.48. The molecule has 0 amide bonds. The van der Waals surface area contributed by atoms with Crippen LogP contribution in [0.2, 0.25) is 5.02 Å². The first-order valence-electron chi connectivity index (χ1n) is 7.11. The highest BCUT2D eigenvalue weighted by molar-refractivity contribution is 6.36. The maximum atomic E-state index is 11.1. The van der Waals surface area contributed by atoms with E-state index in [0.29, 0.717) is 22.8 Å². The van der Waals surface area contributed by atoms with Crippen LogP contribution >= 0.6 is 11.6 Å². The lowest BCUT2D eigenvalue weighted by atomic mass is 10.0. The lowest BCUT2D eigenvalue weighted by molar-refractivity contribution is -0.144. The monoisotopic (exact) mass is 309 g/mol. The first kappa shape index (κ1) is 14.2. The normalized spacial score (nSPS) is 17.0. The second kappa shape index (κ2) is 5.56. The van der Waals surface area contributed by atoms with Crippen LogP contribution in [-0.4, -0.2) is 22.3 Å². The highest BCUT2D eigenvalue weighted by atomic mass is 35.5. The second-order valence-corrected chi connectivity index (χ2v) is 5.67. The summed E-state index contributed by atoms with van der Waals surface area (Å²) in [5.74, 6) is -0.576. The zero-order chi connectivity index (χ0) is 15.0. The average molecular weight is 310 g/mol. The summed E-state index contributed by atoms with van der Waals surface area (Å²) >= 11 is 6.28. The lowest BCUT2D eigenvalue weighted by Gasteiger charge is -2.05. The number of aliphatic carboxylic acids is 1. The van der Waals surface area contributed by atoms with Gasteiger partial charge in [0.25, 0.3) is 0 Å². The number of carboxylic acids is 1. The van der Waals surface area contributed by atoms with Gasteiger partial charge in [-0.15, -0.1) is 0 Å². The molecule has 2 heterocycles. The van der Waals surface area contributed by atoms with E-state index in [9.17, 15) is 4.79 Å². The number of ether oxygens (including phenoxy) is 1. The summed E-state index contributed by atoms with van der Waals surface area (Å²) in [6.07, 6.45) is 3.60. The topological polar surface area (TPSA) is 72.6 Å². The van der Waals surface area contributed by atoms with Crippen molar-refractivity contribution in [2.75, 3.05) is 0 Å². The summed E-state index contributed by atoms with van der Waals surface area (Å²) in [4.78, 5) is 11.1. The van der Waals surface area contributed by atoms with E-state index in [4.69, 9.17) is 26.0 Å². The largest absolute Gasteiger partial charge is 0.478 e. The van der Waals surface area contributed by atoms with Crippen LogP contribution in [0.1, 0.15) is 37.4 Å². The summed E-state index contributed by atoms with van der Waals surface area (Å²) in [7, 11) is 0. The molecule has 0 saturated heterocycles. The number of fused-ring (bicyclic) bond motifs is 2. The predicted octanol–water partition coefficient (Wildman–Crippen LogP) is 3.60. The SMILES string of the molecule is CCCCCc1noc2c(Cl)c3c(cc12)CC(C(=O)O)O3. The van der Waals surface area contributed by atoms with E-state index in [2.05, 4.69) is 12.1 Å². The van der Waals surface area contributed by atoms with E-state index in [1.54, 1.807) is 0 Å². The number of hydrogen-bond donors (Lipinski definition) is 1. The van der Waals surface area contributed by atoms with E-state index < -0.39 is 12.1 Å². The molecule has 0 bridgehead atoms. The van der Waals surface area contributed by atoms with Gasteiger partial charge in [-0.05, 0) is 18.9 Å². The van der Waals surface area contributed by atoms with Crippen LogP contribution in [0.25, 0.3) is 11.0 Å². The van der Waals surface area contributed by atoms with Gasteiger partial charge >= 0.3 is 5.97 Å². The van der Waals surface area contributed by atoms with Gasteiger partial charge < -0.3 is 14.4 Å². The van der Waals surface area contributed by atoms with Crippen LogP contribution in [0.15, 0.2) is 10.6 Å². The molecular formula is C15H16ClNO4. The minimum absolute atomic E-state index is 0.319. The molecule has 0 fully saturated rings. The highest BCUT2D eigenvalue weighted by Gasteiger charge is 2.33. The number of aryl methyl sites for hydroxylation is 1. The van der Waals surface area contributed by atoms with E-state index in [-0.39, 0.29) is 0 Å². The second-order valence-electron chi connectivity index (χ2n) is 5.29. The van der Waals surface area contributed by atoms with Crippen molar-refractivity contribution in [2.24, 2.45) is 0 Å². The van der Waals surface area contributed by atoms with Gasteiger partial charge in [0.15, 0.2) is 11.7 Å². The fraction of sp³-hybridized carbons (Fsp3) is 0.467. The standard InChI is InChI=1S/C15H16ClNO4/c1-2-3-4-5-10-9-6-8-7-11(15(18)19)20-13(8)12(16)14(9)21-17-10/h6,11H,2-5,7H2,1H3,(H,18,19). The van der Waals surface area contributed by atoms with Gasteiger partial charge in [-0.2, -0.15) is 0 Å². The number of carbonyl (C=O) groups is 1. The predicted molar refractivity (Wildman–Crippen MR) is 78.0 cm³/mol. The van der Waals surface area contributed by atoms with Gasteiger partial charge in [0.2, 0.25) is 0 Å². The van der Waals surface area contributed by atoms with E-state index >= 15 is 0 Å². The zero-order valence-corrected chi connectivity index (χ0v) is 12.4. The third-order valence-corrected chi connectivity index (χ3v) is 4.11. The number of rotatable bonds is 5. The maximum absolute atomic E-state index is 11.1. The zero-order valence-electron chi connectivity index (χ0n) is 11.7. The smallest absolute Gasteiger partial charge is 0.345 e. The third-order valence-electron chi connectivity index (χ3n) is 3.77. The lowest BCUT2D eigenvalue weighted by Crippen LogP contribution is -2.24. The molecule has 112 valence electrons. The molecule has 1 atom stereocenters. The molecule has 0 aliphatic carbocycles. The Morgan fingerprint density at radius 1 is 1.52 bits per heavy atom. The fourth-order valence-corrected chi connectivity index (χ4v) is 2.95. The summed E-state index contributed by atoms with van der Waals surface area (Å²) in [5.41, 5.74) is 2.16. The summed E-state index contributed by atoms with van der Waals surface area (Å²) < 4.78 is 10.7. The molecule has 1 unspecified atom stereocenters. The number of hydrogen-bond acceptors (Lipinski definition) is 4. The van der Waals surface area contributed by atoms with Crippen molar-refractivity contribution in [3.63, 3.8) is 0 Å². The number of unbranched alkanes of at least 4 members (excludes halogenated alkanes) is 2. The van der Waals surface area contributed by atoms with Crippen LogP contribution in [-0.2, 0) is 17.6 Å². The molecule has 1 aliphatic heterocycles. The molecule has 1 N–H and O–H groups in total. The van der Waals surface area contributed by atoms with E-state index in [1.165, 1.54) is 0 Å². The van der Waals surface area contributed by atoms with Gasteiger partial charge in [-0.1, -0.05) is 36.5 Å². The fourth-order valence-electron chi connectivity index (χ4n) is 2.64. The molecule has 0 saturated carbocycles. The quantitative estimate of drug-likeness (QED) is 0.854. The van der Waals surface area contributed by atoms with Crippen LogP contribution in [0, 0.1) is 0 Å². The van der Waals surface area contributed by atoms with Crippen molar-refractivity contribution in [2.45, 2.75) is 45.1 Å². The number of aromatic nitrogens is 1. The van der Waals surface area contributed by atoms with Crippen LogP contribution < -0.4 is 4.74 Å². The van der Waals surface area contributed by atoms with Crippen molar-refractivity contribution < 1.29 is 19.2 Å². The molecule has 3 rings (SSSR count). The molecule has 0 radical (unpaired) electrons. The van der Waals surface area contributed by atoms with Gasteiger partial charge in [0, 0.05) is 17.4 Å². The molecule has 1 aromatic heterocycles. The van der Waals surface area contributed by atoms with Crippen LogP contribution in [0.5, 0.6) is 5.75 Å². The highest BCUT2D eigenvalue weighted by Crippen LogP contribution is 2.42. The Morgan fingerprint density at radius 3 is 3.05 bits per heavy atom. The molecule has 2 aromatic rings. The number of nitrogens with zero attached hydrogens (tertiary/aromatic N) is 1. The summed E-state index contributed by atoms with van der Waals surface area (Å²) in [6, 6.07) is 1.90. The van der Waals surface area contributed by atoms with Crippen molar-refractivity contribution in [3.8, 4) is 5.75 Å². The maximum Gasteiger partial charge on any atom is 0.345 e. The third kappa shape index (κ3) is 2.46. The summed E-state index contributed by atoms with van der Waals surface area (Å²) in [6.45, 7) is 2.15. The van der Waals surface area contributed by atoms with E-state index in [0.717, 1.165) is 42.3 Å². The number of halogens is 1. The minimum atomic E-state index is -0.986. The average Bonchev–Trinajstić information content (AvgIpc) is 3.04. The molecule has 0 spiro atoms. The van der Waals surface area contributed by atoms with Crippen molar-refractivity contribution >= 4 is 28.5 Å². The minimum Gasteiger partial charge on any atom is -0.478 e. The Bertz CT molecular complexity index is 695. The van der Waals surface area contributed by atoms with Crippen LogP contribution in [0.3, 0.4) is 0 Å². The first-order chi connectivity index (χ1) is 10.1. The summed E-state index contributed by atoms with van der Waals surface area (Å²) in [5, 5.41) is 14.3. The van der Waals surface area contributed by atoms with Gasteiger partial charge in [-0.25, -0.2) is 4.79 Å². The number of carboxylic acid groups (broad SMARTS) is 1. The number of benzene rings is 1. The van der Waals surface area contributed by atoms with Crippen molar-refractivity contribution in [1.82, 2.24) is 5.16 Å². The van der Waals surface area contributed by atoms with E-state index in [1.807, 2.05) is 6.07 Å². The van der Waals surface area contributed by atoms with Crippen molar-refractivity contribution in [3.05, 3.63) is 22.3 Å². The Labute approximate surface area is 126 Å². The molecule has 1 aliphatic rings. The molecule has 5 nitrogen and oxygen atoms in total. The van der Waals surface area contributed by atoms with Crippen molar-refractivity contribution in [1.29, 1.82) is 0 Å². The van der Waals surface area contributed by atoms with Gasteiger partial charge in [-0.3, -0.25) is 0 Å². The molecule has 6 heteroatoms. The van der Waals surface area contributed by atoms with Gasteiger partial charge in [0.05, 0.1) is 5.69 Å². The molecule has 1 aromatic carbocycles. The molecular weight excluding hydrogens is 294 g/mol. The van der Waals surface area contributed by atoms with Gasteiger partial charge in [0.1, 0.15) is 10.8 Å². The Balaban J connectivity index is 1.97. The molecule has 21 heavy (non-hydrogen) atoms. The van der Waals surface area contributed by atoms with Crippen LogP contribution in [0.4, 0.5) is 0 Å². The Kier molecular flexibility index (Phi) is 3.76. The Morgan fingerprint density at radius 2 is 2.33 bits per heavy atom.